The molecular formula is C18H16FN3O2S. The molecule has 0 spiro atoms. The van der Waals surface area contributed by atoms with E-state index in [1.54, 1.807) is 11.8 Å². The normalized spacial score (nSPS) is 10.6. The number of carbonyl (C=O) groups excluding carboxylic acids is 1. The highest BCUT2D eigenvalue weighted by atomic mass is 32.2. The molecule has 3 rings (SSSR count). The fraction of sp³-hybridized carbons (Fsp3) is 0.167. The molecule has 5 nitrogen and oxygen atoms in total. The maximum atomic E-state index is 12.9. The Morgan fingerprint density at radius 2 is 1.84 bits per heavy atom. The summed E-state index contributed by atoms with van der Waals surface area (Å²) in [7, 11) is 0. The van der Waals surface area contributed by atoms with Crippen molar-refractivity contribution in [2.24, 2.45) is 0 Å². The van der Waals surface area contributed by atoms with E-state index >= 15 is 0 Å². The van der Waals surface area contributed by atoms with Crippen LogP contribution in [0.2, 0.25) is 0 Å². The molecule has 0 aliphatic carbocycles. The van der Waals surface area contributed by atoms with Crippen molar-refractivity contribution >= 4 is 23.7 Å². The topological polar surface area (TPSA) is 68.0 Å². The molecule has 0 saturated carbocycles. The van der Waals surface area contributed by atoms with Crippen LogP contribution in [0.25, 0.3) is 11.5 Å². The van der Waals surface area contributed by atoms with Gasteiger partial charge in [-0.25, -0.2) is 4.39 Å². The summed E-state index contributed by atoms with van der Waals surface area (Å²) in [6.45, 7) is 2.03. The summed E-state index contributed by atoms with van der Waals surface area (Å²) >= 11 is 1.61. The highest BCUT2D eigenvalue weighted by molar-refractivity contribution is 7.99. The van der Waals surface area contributed by atoms with Gasteiger partial charge < -0.3 is 4.42 Å². The SMILES string of the molecule is Cc1ccc(SCCC(=O)Nc2nnc(-c3ccc(F)cc3)o2)cc1. The monoisotopic (exact) mass is 357 g/mol. The Hall–Kier alpha value is -2.67. The van der Waals surface area contributed by atoms with Crippen molar-refractivity contribution in [2.45, 2.75) is 18.2 Å². The van der Waals surface area contributed by atoms with Crippen LogP contribution in [-0.2, 0) is 4.79 Å². The molecule has 128 valence electrons. The average Bonchev–Trinajstić information content (AvgIpc) is 3.06. The third-order valence-electron chi connectivity index (χ3n) is 3.38. The fourth-order valence-corrected chi connectivity index (χ4v) is 2.91. The number of benzene rings is 2. The number of halogens is 1. The molecule has 7 heteroatoms. The minimum Gasteiger partial charge on any atom is -0.403 e. The van der Waals surface area contributed by atoms with Crippen LogP contribution in [-0.4, -0.2) is 21.9 Å². The molecule has 0 fully saturated rings. The van der Waals surface area contributed by atoms with Crippen LogP contribution in [0.4, 0.5) is 10.4 Å². The Morgan fingerprint density at radius 3 is 2.56 bits per heavy atom. The van der Waals surface area contributed by atoms with Crippen molar-refractivity contribution in [3.8, 4) is 11.5 Å². The maximum absolute atomic E-state index is 12.9. The molecule has 0 saturated heterocycles. The zero-order valence-electron chi connectivity index (χ0n) is 13.5. The quantitative estimate of drug-likeness (QED) is 0.666. The van der Waals surface area contributed by atoms with Gasteiger partial charge in [0.1, 0.15) is 5.82 Å². The molecular weight excluding hydrogens is 341 g/mol. The van der Waals surface area contributed by atoms with Crippen LogP contribution < -0.4 is 5.32 Å². The van der Waals surface area contributed by atoms with E-state index in [2.05, 4.69) is 15.5 Å². The summed E-state index contributed by atoms with van der Waals surface area (Å²) in [5.74, 6) is 0.328. The third-order valence-corrected chi connectivity index (χ3v) is 4.40. The smallest absolute Gasteiger partial charge is 0.322 e. The highest BCUT2D eigenvalue weighted by Crippen LogP contribution is 2.21. The van der Waals surface area contributed by atoms with E-state index in [0.29, 0.717) is 17.7 Å². The number of nitrogens with zero attached hydrogens (tertiary/aromatic N) is 2. The van der Waals surface area contributed by atoms with Crippen LogP contribution in [0.5, 0.6) is 0 Å². The predicted molar refractivity (Wildman–Crippen MR) is 94.8 cm³/mol. The van der Waals surface area contributed by atoms with Gasteiger partial charge in [-0.05, 0) is 43.3 Å². The molecule has 1 aromatic heterocycles. The van der Waals surface area contributed by atoms with Gasteiger partial charge in [0.15, 0.2) is 0 Å². The Labute approximate surface area is 148 Å². The Balaban J connectivity index is 1.49. The van der Waals surface area contributed by atoms with Crippen molar-refractivity contribution in [3.63, 3.8) is 0 Å². The van der Waals surface area contributed by atoms with Crippen LogP contribution in [0, 0.1) is 12.7 Å². The number of anilines is 1. The van der Waals surface area contributed by atoms with Gasteiger partial charge in [0, 0.05) is 22.6 Å². The Morgan fingerprint density at radius 1 is 1.12 bits per heavy atom. The van der Waals surface area contributed by atoms with Gasteiger partial charge in [0.25, 0.3) is 0 Å². The molecule has 25 heavy (non-hydrogen) atoms. The van der Waals surface area contributed by atoms with Gasteiger partial charge in [-0.2, -0.15) is 0 Å². The van der Waals surface area contributed by atoms with Gasteiger partial charge in [-0.1, -0.05) is 22.8 Å². The van der Waals surface area contributed by atoms with Gasteiger partial charge in [-0.3, -0.25) is 10.1 Å². The zero-order chi connectivity index (χ0) is 17.6. The van der Waals surface area contributed by atoms with Gasteiger partial charge in [0.05, 0.1) is 0 Å². The first-order valence-electron chi connectivity index (χ1n) is 7.69. The second kappa shape index (κ2) is 7.94. The predicted octanol–water partition coefficient (Wildman–Crippen LogP) is 4.31. The minimum atomic E-state index is -0.345. The van der Waals surface area contributed by atoms with Crippen LogP contribution in [0.1, 0.15) is 12.0 Å². The molecule has 0 bridgehead atoms. The first kappa shape index (κ1) is 17.2. The summed E-state index contributed by atoms with van der Waals surface area (Å²) in [5.41, 5.74) is 1.79. The lowest BCUT2D eigenvalue weighted by atomic mass is 10.2. The van der Waals surface area contributed by atoms with Crippen molar-refractivity contribution in [1.29, 1.82) is 0 Å². The summed E-state index contributed by atoms with van der Waals surface area (Å²) in [6, 6.07) is 13.9. The average molecular weight is 357 g/mol. The number of hydrogen-bond acceptors (Lipinski definition) is 5. The van der Waals surface area contributed by atoms with E-state index in [9.17, 15) is 9.18 Å². The third kappa shape index (κ3) is 4.90. The lowest BCUT2D eigenvalue weighted by Crippen LogP contribution is -2.12. The van der Waals surface area contributed by atoms with E-state index in [1.807, 2.05) is 31.2 Å². The van der Waals surface area contributed by atoms with Gasteiger partial charge >= 0.3 is 6.01 Å². The Kier molecular flexibility index (Phi) is 5.45. The standard InChI is InChI=1S/C18H16FN3O2S/c1-12-2-8-15(9-3-12)25-11-10-16(23)20-18-22-21-17(24-18)13-4-6-14(19)7-5-13/h2-9H,10-11H2,1H3,(H,20,22,23). The van der Waals surface area contributed by atoms with Crippen molar-refractivity contribution in [3.05, 3.63) is 59.9 Å². The number of amides is 1. The fourth-order valence-electron chi connectivity index (χ4n) is 2.06. The molecule has 2 aromatic carbocycles. The van der Waals surface area contributed by atoms with Crippen molar-refractivity contribution in [1.82, 2.24) is 10.2 Å². The summed E-state index contributed by atoms with van der Waals surface area (Å²) in [6.07, 6.45) is 0.326. The van der Waals surface area contributed by atoms with E-state index in [0.717, 1.165) is 4.90 Å². The molecule has 3 aromatic rings. The first-order valence-corrected chi connectivity index (χ1v) is 8.67. The number of aromatic nitrogens is 2. The maximum Gasteiger partial charge on any atom is 0.322 e. The highest BCUT2D eigenvalue weighted by Gasteiger charge is 2.11. The number of thioether (sulfide) groups is 1. The molecule has 0 radical (unpaired) electrons. The number of aryl methyl sites for hydroxylation is 1. The largest absolute Gasteiger partial charge is 0.403 e. The van der Waals surface area contributed by atoms with E-state index in [-0.39, 0.29) is 23.6 Å². The number of carbonyl (C=O) groups is 1. The summed E-state index contributed by atoms with van der Waals surface area (Å²) < 4.78 is 18.3. The van der Waals surface area contributed by atoms with Gasteiger partial charge in [-0.15, -0.1) is 16.9 Å². The van der Waals surface area contributed by atoms with Crippen LogP contribution >= 0.6 is 11.8 Å². The van der Waals surface area contributed by atoms with Crippen LogP contribution in [0.3, 0.4) is 0 Å². The molecule has 0 atom stereocenters. The lowest BCUT2D eigenvalue weighted by molar-refractivity contribution is -0.115. The van der Waals surface area contributed by atoms with Crippen LogP contribution in [0.15, 0.2) is 57.8 Å². The number of hydrogen-bond donors (Lipinski definition) is 1. The van der Waals surface area contributed by atoms with E-state index in [1.165, 1.54) is 29.8 Å². The Bertz CT molecular complexity index is 848. The lowest BCUT2D eigenvalue weighted by Gasteiger charge is -2.02. The van der Waals surface area contributed by atoms with E-state index < -0.39 is 0 Å². The second-order valence-electron chi connectivity index (χ2n) is 5.38. The molecule has 0 aliphatic rings. The minimum absolute atomic E-state index is 0.0321. The number of nitrogens with one attached hydrogen (secondary N) is 1. The summed E-state index contributed by atoms with van der Waals surface area (Å²) in [4.78, 5) is 13.1. The zero-order valence-corrected chi connectivity index (χ0v) is 14.3. The molecule has 0 aliphatic heterocycles. The molecule has 1 N–H and O–H groups in total. The molecule has 1 amide bonds. The van der Waals surface area contributed by atoms with E-state index in [4.69, 9.17) is 4.42 Å². The number of rotatable bonds is 6. The van der Waals surface area contributed by atoms with Gasteiger partial charge in [0.2, 0.25) is 11.8 Å². The first-order chi connectivity index (χ1) is 12.1. The second-order valence-corrected chi connectivity index (χ2v) is 6.55. The summed E-state index contributed by atoms with van der Waals surface area (Å²) in [5, 5.41) is 10.2. The van der Waals surface area contributed by atoms with Crippen molar-refractivity contribution < 1.29 is 13.6 Å². The molecule has 1 heterocycles. The molecule has 0 unspecified atom stereocenters. The van der Waals surface area contributed by atoms with Crippen molar-refractivity contribution in [2.75, 3.05) is 11.1 Å².